The zero-order chi connectivity index (χ0) is 37.6. The van der Waals surface area contributed by atoms with Crippen molar-refractivity contribution in [3.8, 4) is 33.8 Å². The Bertz CT molecular complexity index is 2430. The highest BCUT2D eigenvalue weighted by molar-refractivity contribution is 5.95. The SMILES string of the molecule is CCCCc1nc(-c2ccccc2C(=O)O)cn1Cc1ccc(-c2ccccc2-c2nnnn2C(c2ccccc2)(c2ccccc2)c2ccccc2)cc1. The van der Waals surface area contributed by atoms with Crippen LogP contribution in [0.25, 0.3) is 33.8 Å². The lowest BCUT2D eigenvalue weighted by Gasteiger charge is -2.36. The first kappa shape index (κ1) is 35.1. The van der Waals surface area contributed by atoms with E-state index < -0.39 is 11.5 Å². The molecule has 0 saturated heterocycles. The van der Waals surface area contributed by atoms with Crippen LogP contribution in [0, 0.1) is 0 Å². The number of nitrogens with zero attached hydrogens (tertiary/aromatic N) is 6. The van der Waals surface area contributed by atoms with Crippen LogP contribution < -0.4 is 0 Å². The van der Waals surface area contributed by atoms with E-state index in [1.807, 2.05) is 53.3 Å². The molecule has 1 N–H and O–H groups in total. The molecule has 8 nitrogen and oxygen atoms in total. The van der Waals surface area contributed by atoms with E-state index in [4.69, 9.17) is 15.3 Å². The minimum Gasteiger partial charge on any atom is -0.478 e. The molecule has 0 aliphatic heterocycles. The lowest BCUT2D eigenvalue weighted by molar-refractivity contribution is 0.0697. The summed E-state index contributed by atoms with van der Waals surface area (Å²) >= 11 is 0. The summed E-state index contributed by atoms with van der Waals surface area (Å²) < 4.78 is 4.12. The highest BCUT2D eigenvalue weighted by atomic mass is 16.4. The molecule has 0 fully saturated rings. The van der Waals surface area contributed by atoms with E-state index in [0.29, 0.717) is 23.6 Å². The molecular formula is C47H40N6O2. The van der Waals surface area contributed by atoms with Gasteiger partial charge in [0.25, 0.3) is 0 Å². The molecule has 0 spiro atoms. The molecule has 2 heterocycles. The summed E-state index contributed by atoms with van der Waals surface area (Å²) in [5.74, 6) is 0.623. The first-order valence-electron chi connectivity index (χ1n) is 18.6. The van der Waals surface area contributed by atoms with Crippen molar-refractivity contribution in [2.45, 2.75) is 38.3 Å². The molecule has 0 bridgehead atoms. The molecule has 8 aromatic rings. The number of carbonyl (C=O) groups is 1. The summed E-state index contributed by atoms with van der Waals surface area (Å²) in [5, 5.41) is 23.7. The Hall–Kier alpha value is -6.93. The predicted molar refractivity (Wildman–Crippen MR) is 216 cm³/mol. The summed E-state index contributed by atoms with van der Waals surface area (Å²) in [4.78, 5) is 16.9. The number of imidazole rings is 1. The first-order valence-corrected chi connectivity index (χ1v) is 18.6. The smallest absolute Gasteiger partial charge is 0.336 e. The molecule has 0 radical (unpaired) electrons. The maximum absolute atomic E-state index is 12.0. The van der Waals surface area contributed by atoms with Crippen molar-refractivity contribution >= 4 is 5.97 Å². The van der Waals surface area contributed by atoms with Gasteiger partial charge in [-0.1, -0.05) is 171 Å². The van der Waals surface area contributed by atoms with Gasteiger partial charge in [-0.25, -0.2) is 14.5 Å². The van der Waals surface area contributed by atoms with E-state index in [-0.39, 0.29) is 5.56 Å². The molecule has 2 aromatic heterocycles. The van der Waals surface area contributed by atoms with Crippen molar-refractivity contribution in [3.63, 3.8) is 0 Å². The summed E-state index contributed by atoms with van der Waals surface area (Å²) in [6, 6.07) is 55.1. The van der Waals surface area contributed by atoms with E-state index in [1.165, 1.54) is 0 Å². The second kappa shape index (κ2) is 15.6. The van der Waals surface area contributed by atoms with Gasteiger partial charge in [0.05, 0.1) is 11.3 Å². The maximum Gasteiger partial charge on any atom is 0.336 e. The van der Waals surface area contributed by atoms with Gasteiger partial charge >= 0.3 is 5.97 Å². The fourth-order valence-corrected chi connectivity index (χ4v) is 7.55. The largest absolute Gasteiger partial charge is 0.478 e. The number of aryl methyl sites for hydroxylation is 1. The van der Waals surface area contributed by atoms with E-state index in [9.17, 15) is 9.90 Å². The number of rotatable bonds is 13. The monoisotopic (exact) mass is 720 g/mol. The topological polar surface area (TPSA) is 98.7 Å². The van der Waals surface area contributed by atoms with Crippen LogP contribution in [0.1, 0.15) is 58.2 Å². The van der Waals surface area contributed by atoms with Gasteiger partial charge in [0.1, 0.15) is 11.4 Å². The molecule has 270 valence electrons. The first-order chi connectivity index (χ1) is 27.1. The van der Waals surface area contributed by atoms with E-state index in [2.05, 4.69) is 126 Å². The van der Waals surface area contributed by atoms with Crippen LogP contribution in [0.2, 0.25) is 0 Å². The van der Waals surface area contributed by atoms with Crippen LogP contribution in [-0.4, -0.2) is 40.8 Å². The Morgan fingerprint density at radius 1 is 0.655 bits per heavy atom. The number of aromatic carboxylic acids is 1. The quantitative estimate of drug-likeness (QED) is 0.119. The molecule has 8 heteroatoms. The third-order valence-corrected chi connectivity index (χ3v) is 10.2. The normalized spacial score (nSPS) is 11.4. The van der Waals surface area contributed by atoms with Crippen LogP contribution in [0.15, 0.2) is 170 Å². The summed E-state index contributed by atoms with van der Waals surface area (Å²) in [6.45, 7) is 2.77. The van der Waals surface area contributed by atoms with E-state index >= 15 is 0 Å². The minimum absolute atomic E-state index is 0.247. The molecule has 6 aromatic carbocycles. The van der Waals surface area contributed by atoms with Crippen molar-refractivity contribution < 1.29 is 9.90 Å². The van der Waals surface area contributed by atoms with Gasteiger partial charge in [-0.15, -0.1) is 5.10 Å². The Morgan fingerprint density at radius 2 is 1.20 bits per heavy atom. The Kier molecular flexibility index (Phi) is 9.95. The van der Waals surface area contributed by atoms with Gasteiger partial charge in [-0.2, -0.15) is 0 Å². The van der Waals surface area contributed by atoms with Crippen LogP contribution in [0.3, 0.4) is 0 Å². The third-order valence-electron chi connectivity index (χ3n) is 10.2. The fraction of sp³-hybridized carbons (Fsp3) is 0.128. The molecule has 0 aliphatic rings. The Morgan fingerprint density at radius 3 is 1.78 bits per heavy atom. The van der Waals surface area contributed by atoms with E-state index in [0.717, 1.165) is 64.0 Å². The number of unbranched alkanes of at least 4 members (excludes halogenated alkanes) is 1. The Labute approximate surface area is 320 Å². The van der Waals surface area contributed by atoms with Gasteiger partial charge in [-0.3, -0.25) is 0 Å². The summed E-state index contributed by atoms with van der Waals surface area (Å²) in [6.07, 6.45) is 4.82. The van der Waals surface area contributed by atoms with Crippen LogP contribution in [0.4, 0.5) is 0 Å². The standard InChI is InChI=1S/C47H40N6O2/c1-2-3-27-44-48-43(40-24-14-16-26-42(40)46(54)55)33-52(44)32-34-28-30-35(31-29-34)39-23-13-15-25-41(39)45-49-50-51-53(45)47(36-17-7-4-8-18-36,37-19-9-5-10-20-37)38-21-11-6-12-22-38/h4-26,28-31,33H,2-3,27,32H2,1H3,(H,54,55). The number of hydrogen-bond donors (Lipinski definition) is 1. The fourth-order valence-electron chi connectivity index (χ4n) is 7.55. The van der Waals surface area contributed by atoms with E-state index in [1.54, 1.807) is 12.1 Å². The highest BCUT2D eigenvalue weighted by Crippen LogP contribution is 2.43. The molecular weight excluding hydrogens is 681 g/mol. The molecule has 0 aliphatic carbocycles. The van der Waals surface area contributed by atoms with Gasteiger partial charge in [0.2, 0.25) is 0 Å². The number of aromatic nitrogens is 6. The molecule has 0 atom stereocenters. The number of carboxylic acids is 1. The lowest BCUT2D eigenvalue weighted by Crippen LogP contribution is -2.39. The van der Waals surface area contributed by atoms with Crippen molar-refractivity contribution in [1.82, 2.24) is 29.8 Å². The van der Waals surface area contributed by atoms with Gasteiger partial charge in [-0.05, 0) is 56.3 Å². The molecule has 0 unspecified atom stereocenters. The third kappa shape index (κ3) is 6.74. The van der Waals surface area contributed by atoms with Crippen molar-refractivity contribution in [3.05, 3.63) is 204 Å². The van der Waals surface area contributed by atoms with Gasteiger partial charge in [0.15, 0.2) is 5.82 Å². The maximum atomic E-state index is 12.0. The number of carboxylic acid groups (broad SMARTS) is 1. The molecule has 0 amide bonds. The van der Waals surface area contributed by atoms with Crippen molar-refractivity contribution in [1.29, 1.82) is 0 Å². The van der Waals surface area contributed by atoms with Gasteiger partial charge < -0.3 is 9.67 Å². The lowest BCUT2D eigenvalue weighted by atomic mass is 9.77. The molecule has 55 heavy (non-hydrogen) atoms. The average Bonchev–Trinajstić information content (AvgIpc) is 3.90. The number of tetrazole rings is 1. The van der Waals surface area contributed by atoms with Crippen LogP contribution in [0.5, 0.6) is 0 Å². The highest BCUT2D eigenvalue weighted by Gasteiger charge is 2.42. The zero-order valence-corrected chi connectivity index (χ0v) is 30.5. The van der Waals surface area contributed by atoms with Crippen LogP contribution >= 0.6 is 0 Å². The molecule has 0 saturated carbocycles. The predicted octanol–water partition coefficient (Wildman–Crippen LogP) is 9.80. The zero-order valence-electron chi connectivity index (χ0n) is 30.5. The summed E-state index contributed by atoms with van der Waals surface area (Å²) in [5.41, 5.74) is 7.84. The number of benzene rings is 6. The summed E-state index contributed by atoms with van der Waals surface area (Å²) in [7, 11) is 0. The Balaban J connectivity index is 1.19. The average molecular weight is 721 g/mol. The van der Waals surface area contributed by atoms with Crippen molar-refractivity contribution in [2.75, 3.05) is 0 Å². The van der Waals surface area contributed by atoms with Crippen molar-refractivity contribution in [2.24, 2.45) is 0 Å². The van der Waals surface area contributed by atoms with Gasteiger partial charge in [0, 0.05) is 30.3 Å². The van der Waals surface area contributed by atoms with Crippen LogP contribution in [-0.2, 0) is 18.5 Å². The number of hydrogen-bond acceptors (Lipinski definition) is 5. The minimum atomic E-state index is -0.962. The molecule has 8 rings (SSSR count). The second-order valence-electron chi connectivity index (χ2n) is 13.6. The second-order valence-corrected chi connectivity index (χ2v) is 13.6.